The topological polar surface area (TPSA) is 32.3 Å². The van der Waals surface area contributed by atoms with E-state index in [2.05, 4.69) is 42.1 Å². The lowest BCUT2D eigenvalue weighted by atomic mass is 10.1. The molecule has 0 saturated carbocycles. The van der Waals surface area contributed by atoms with Gasteiger partial charge >= 0.3 is 0 Å². The smallest absolute Gasteiger partial charge is 0.256 e. The average Bonchev–Trinajstić information content (AvgIpc) is 2.41. The maximum Gasteiger partial charge on any atom is 0.256 e. The van der Waals surface area contributed by atoms with Crippen LogP contribution in [0.3, 0.4) is 0 Å². The lowest BCUT2D eigenvalue weighted by molar-refractivity contribution is 0.102. The minimum absolute atomic E-state index is 0.134. The van der Waals surface area contributed by atoms with Crippen LogP contribution in [0.2, 0.25) is 0 Å². The molecule has 0 heterocycles. The first-order valence-electron chi connectivity index (χ1n) is 6.46. The Balaban J connectivity index is 2.17. The Morgan fingerprint density at radius 1 is 1.14 bits per heavy atom. The van der Waals surface area contributed by atoms with Crippen molar-refractivity contribution in [1.82, 2.24) is 4.90 Å². The molecule has 0 bridgehead atoms. The van der Waals surface area contributed by atoms with Crippen molar-refractivity contribution in [2.24, 2.45) is 0 Å². The standard InChI is InChI=1S/C16H16Br2N2O/c1-20(2)10-11-4-3-5-13(8-11)19-16(21)14-9-12(17)6-7-15(14)18/h3-9H,10H2,1-2H3,(H,19,21). The summed E-state index contributed by atoms with van der Waals surface area (Å²) in [5, 5.41) is 2.93. The fraction of sp³-hybridized carbons (Fsp3) is 0.188. The summed E-state index contributed by atoms with van der Waals surface area (Å²) in [4.78, 5) is 14.4. The highest BCUT2D eigenvalue weighted by atomic mass is 79.9. The first kappa shape index (κ1) is 16.2. The molecule has 1 N–H and O–H groups in total. The molecule has 0 spiro atoms. The van der Waals surface area contributed by atoms with Crippen LogP contribution in [0.5, 0.6) is 0 Å². The van der Waals surface area contributed by atoms with Crippen molar-refractivity contribution in [2.45, 2.75) is 6.54 Å². The molecule has 110 valence electrons. The van der Waals surface area contributed by atoms with Gasteiger partial charge in [-0.1, -0.05) is 28.1 Å². The number of carbonyl (C=O) groups is 1. The molecule has 2 aromatic carbocycles. The normalized spacial score (nSPS) is 10.7. The third-order valence-corrected chi connectivity index (χ3v) is 4.04. The fourth-order valence-electron chi connectivity index (χ4n) is 1.98. The van der Waals surface area contributed by atoms with E-state index in [-0.39, 0.29) is 5.91 Å². The number of nitrogens with one attached hydrogen (secondary N) is 1. The predicted octanol–water partition coefficient (Wildman–Crippen LogP) is 4.53. The van der Waals surface area contributed by atoms with Gasteiger partial charge in [0.1, 0.15) is 0 Å². The van der Waals surface area contributed by atoms with Crippen LogP contribution in [0.1, 0.15) is 15.9 Å². The summed E-state index contributed by atoms with van der Waals surface area (Å²) < 4.78 is 1.64. The molecule has 0 atom stereocenters. The van der Waals surface area contributed by atoms with Crippen molar-refractivity contribution >= 4 is 43.5 Å². The zero-order valence-corrected chi connectivity index (χ0v) is 15.0. The molecule has 0 aliphatic rings. The number of hydrogen-bond donors (Lipinski definition) is 1. The lowest BCUT2D eigenvalue weighted by Gasteiger charge is -2.12. The molecule has 0 saturated heterocycles. The highest BCUT2D eigenvalue weighted by Gasteiger charge is 2.11. The molecule has 0 fully saturated rings. The van der Waals surface area contributed by atoms with Crippen LogP contribution in [0.25, 0.3) is 0 Å². The third kappa shape index (κ3) is 4.66. The molecular formula is C16H16Br2N2O. The molecule has 2 aromatic rings. The maximum absolute atomic E-state index is 12.3. The van der Waals surface area contributed by atoms with E-state index in [0.29, 0.717) is 5.56 Å². The number of amides is 1. The first-order valence-corrected chi connectivity index (χ1v) is 8.04. The highest BCUT2D eigenvalue weighted by molar-refractivity contribution is 9.11. The predicted molar refractivity (Wildman–Crippen MR) is 93.6 cm³/mol. The van der Waals surface area contributed by atoms with Gasteiger partial charge in [0, 0.05) is 21.2 Å². The molecule has 0 aliphatic carbocycles. The molecule has 3 nitrogen and oxygen atoms in total. The lowest BCUT2D eigenvalue weighted by Crippen LogP contribution is -2.14. The van der Waals surface area contributed by atoms with Crippen molar-refractivity contribution in [3.8, 4) is 0 Å². The Morgan fingerprint density at radius 3 is 2.62 bits per heavy atom. The van der Waals surface area contributed by atoms with E-state index in [0.717, 1.165) is 26.7 Å². The molecule has 0 radical (unpaired) electrons. The maximum atomic E-state index is 12.3. The average molecular weight is 412 g/mol. The van der Waals surface area contributed by atoms with Crippen LogP contribution in [-0.4, -0.2) is 24.9 Å². The Hall–Kier alpha value is -1.17. The van der Waals surface area contributed by atoms with E-state index >= 15 is 0 Å². The summed E-state index contributed by atoms with van der Waals surface area (Å²) in [5.41, 5.74) is 2.56. The van der Waals surface area contributed by atoms with Gasteiger partial charge < -0.3 is 10.2 Å². The Morgan fingerprint density at radius 2 is 1.90 bits per heavy atom. The van der Waals surface area contributed by atoms with Gasteiger partial charge in [0.25, 0.3) is 5.91 Å². The third-order valence-electron chi connectivity index (χ3n) is 2.86. The molecule has 0 aliphatic heterocycles. The van der Waals surface area contributed by atoms with Gasteiger partial charge in [-0.2, -0.15) is 0 Å². The van der Waals surface area contributed by atoms with E-state index in [4.69, 9.17) is 0 Å². The van der Waals surface area contributed by atoms with Crippen molar-refractivity contribution in [3.63, 3.8) is 0 Å². The van der Waals surface area contributed by atoms with Gasteiger partial charge in [-0.3, -0.25) is 4.79 Å². The monoisotopic (exact) mass is 410 g/mol. The van der Waals surface area contributed by atoms with Crippen LogP contribution in [0, 0.1) is 0 Å². The van der Waals surface area contributed by atoms with Gasteiger partial charge in [-0.25, -0.2) is 0 Å². The molecule has 2 rings (SSSR count). The molecule has 5 heteroatoms. The van der Waals surface area contributed by atoms with Gasteiger partial charge in [0.05, 0.1) is 5.56 Å². The summed E-state index contributed by atoms with van der Waals surface area (Å²) in [7, 11) is 4.04. The zero-order valence-electron chi connectivity index (χ0n) is 11.9. The van der Waals surface area contributed by atoms with Crippen LogP contribution >= 0.6 is 31.9 Å². The van der Waals surface area contributed by atoms with Gasteiger partial charge in [-0.15, -0.1) is 0 Å². The number of rotatable bonds is 4. The number of nitrogens with zero attached hydrogens (tertiary/aromatic N) is 1. The molecule has 1 amide bonds. The van der Waals surface area contributed by atoms with E-state index in [1.54, 1.807) is 6.07 Å². The summed E-state index contributed by atoms with van der Waals surface area (Å²) in [6.07, 6.45) is 0. The van der Waals surface area contributed by atoms with E-state index in [1.165, 1.54) is 0 Å². The van der Waals surface area contributed by atoms with E-state index < -0.39 is 0 Å². The van der Waals surface area contributed by atoms with Crippen molar-refractivity contribution in [1.29, 1.82) is 0 Å². The first-order chi connectivity index (χ1) is 9.95. The van der Waals surface area contributed by atoms with E-state index in [1.807, 2.05) is 50.5 Å². The summed E-state index contributed by atoms with van der Waals surface area (Å²) >= 11 is 6.79. The second kappa shape index (κ2) is 7.20. The number of anilines is 1. The molecule has 21 heavy (non-hydrogen) atoms. The largest absolute Gasteiger partial charge is 0.322 e. The Bertz CT molecular complexity index is 656. The van der Waals surface area contributed by atoms with Gasteiger partial charge in [-0.05, 0) is 65.9 Å². The van der Waals surface area contributed by atoms with Crippen LogP contribution in [0.15, 0.2) is 51.4 Å². The number of hydrogen-bond acceptors (Lipinski definition) is 2. The quantitative estimate of drug-likeness (QED) is 0.801. The van der Waals surface area contributed by atoms with Crippen LogP contribution < -0.4 is 5.32 Å². The molecule has 0 aromatic heterocycles. The van der Waals surface area contributed by atoms with Crippen LogP contribution in [-0.2, 0) is 6.54 Å². The minimum atomic E-state index is -0.134. The SMILES string of the molecule is CN(C)Cc1cccc(NC(=O)c2cc(Br)ccc2Br)c1. The van der Waals surface area contributed by atoms with Gasteiger partial charge in [0.2, 0.25) is 0 Å². The van der Waals surface area contributed by atoms with E-state index in [9.17, 15) is 4.79 Å². The zero-order chi connectivity index (χ0) is 15.4. The second-order valence-corrected chi connectivity index (χ2v) is 6.79. The minimum Gasteiger partial charge on any atom is -0.322 e. The van der Waals surface area contributed by atoms with Crippen molar-refractivity contribution in [3.05, 3.63) is 62.5 Å². The summed E-state index contributed by atoms with van der Waals surface area (Å²) in [5.74, 6) is -0.134. The van der Waals surface area contributed by atoms with Crippen molar-refractivity contribution in [2.75, 3.05) is 19.4 Å². The van der Waals surface area contributed by atoms with Crippen molar-refractivity contribution < 1.29 is 4.79 Å². The molecule has 0 unspecified atom stereocenters. The number of carbonyl (C=O) groups excluding carboxylic acids is 1. The fourth-order valence-corrected chi connectivity index (χ4v) is 2.77. The molecular weight excluding hydrogens is 396 g/mol. The van der Waals surface area contributed by atoms with Crippen LogP contribution in [0.4, 0.5) is 5.69 Å². The highest BCUT2D eigenvalue weighted by Crippen LogP contribution is 2.23. The Kier molecular flexibility index (Phi) is 5.56. The summed E-state index contributed by atoms with van der Waals surface area (Å²) in [6, 6.07) is 13.4. The second-order valence-electron chi connectivity index (χ2n) is 5.02. The number of benzene rings is 2. The number of halogens is 2. The summed E-state index contributed by atoms with van der Waals surface area (Å²) in [6.45, 7) is 0.838. The Labute approximate surface area is 141 Å². The van der Waals surface area contributed by atoms with Gasteiger partial charge in [0.15, 0.2) is 0 Å².